The lowest BCUT2D eigenvalue weighted by atomic mass is 10.1. The van der Waals surface area contributed by atoms with Crippen LogP contribution in [0.25, 0.3) is 0 Å². The van der Waals surface area contributed by atoms with E-state index in [-0.39, 0.29) is 11.7 Å². The molecule has 0 unspecified atom stereocenters. The van der Waals surface area contributed by atoms with Gasteiger partial charge in [0.15, 0.2) is 0 Å². The van der Waals surface area contributed by atoms with E-state index < -0.39 is 0 Å². The fraction of sp³-hybridized carbons (Fsp3) is 0.188. The molecule has 4 N–H and O–H groups in total. The number of hydrogen-bond donors (Lipinski definition) is 3. The Labute approximate surface area is 118 Å². The van der Waals surface area contributed by atoms with Crippen LogP contribution in [-0.4, -0.2) is 17.6 Å². The van der Waals surface area contributed by atoms with Crippen molar-refractivity contribution in [1.82, 2.24) is 5.32 Å². The van der Waals surface area contributed by atoms with E-state index in [0.29, 0.717) is 18.7 Å². The Bertz CT molecular complexity index is 579. The molecule has 0 radical (unpaired) electrons. The lowest BCUT2D eigenvalue weighted by Gasteiger charge is -2.06. The van der Waals surface area contributed by atoms with Crippen molar-refractivity contribution in [3.05, 3.63) is 65.2 Å². The summed E-state index contributed by atoms with van der Waals surface area (Å²) in [6.45, 7) is 0.977. The van der Waals surface area contributed by atoms with Crippen molar-refractivity contribution in [2.24, 2.45) is 5.73 Å². The van der Waals surface area contributed by atoms with Crippen molar-refractivity contribution in [3.8, 4) is 5.75 Å². The predicted molar refractivity (Wildman–Crippen MR) is 78.5 cm³/mol. The van der Waals surface area contributed by atoms with Gasteiger partial charge in [-0.05, 0) is 41.8 Å². The van der Waals surface area contributed by atoms with Gasteiger partial charge in [-0.3, -0.25) is 4.79 Å². The van der Waals surface area contributed by atoms with Crippen LogP contribution in [0, 0.1) is 0 Å². The maximum absolute atomic E-state index is 12.0. The number of aromatic hydroxyl groups is 1. The van der Waals surface area contributed by atoms with Crippen LogP contribution in [0.15, 0.2) is 48.5 Å². The first-order valence-electron chi connectivity index (χ1n) is 6.54. The molecule has 2 aromatic rings. The summed E-state index contributed by atoms with van der Waals surface area (Å²) >= 11 is 0. The van der Waals surface area contributed by atoms with E-state index in [0.717, 1.165) is 17.5 Å². The summed E-state index contributed by atoms with van der Waals surface area (Å²) in [6, 6.07) is 14.3. The molecule has 0 saturated carbocycles. The fourth-order valence-corrected chi connectivity index (χ4v) is 1.92. The number of phenols is 1. The van der Waals surface area contributed by atoms with Gasteiger partial charge in [-0.15, -0.1) is 0 Å². The van der Waals surface area contributed by atoms with E-state index >= 15 is 0 Å². The maximum Gasteiger partial charge on any atom is 0.251 e. The smallest absolute Gasteiger partial charge is 0.251 e. The Morgan fingerprint density at radius 2 is 1.85 bits per heavy atom. The highest BCUT2D eigenvalue weighted by molar-refractivity contribution is 5.94. The number of benzene rings is 2. The average Bonchev–Trinajstić information content (AvgIpc) is 2.49. The molecule has 0 heterocycles. The van der Waals surface area contributed by atoms with E-state index in [1.54, 1.807) is 24.3 Å². The van der Waals surface area contributed by atoms with E-state index in [1.807, 2.05) is 24.3 Å². The molecule has 0 aliphatic carbocycles. The van der Waals surface area contributed by atoms with Gasteiger partial charge in [0.1, 0.15) is 5.75 Å². The number of carbonyl (C=O) groups is 1. The maximum atomic E-state index is 12.0. The number of phenolic OH excluding ortho intramolecular Hbond substituents is 1. The standard InChI is InChI=1S/C16H18N2O2/c17-11-13-2-1-3-14(10-13)16(20)18-9-8-12-4-6-15(19)7-5-12/h1-7,10,19H,8-9,11,17H2,(H,18,20). The minimum atomic E-state index is -0.0981. The van der Waals surface area contributed by atoms with Crippen molar-refractivity contribution in [3.63, 3.8) is 0 Å². The summed E-state index contributed by atoms with van der Waals surface area (Å²) in [5.74, 6) is 0.149. The molecule has 0 bridgehead atoms. The zero-order valence-electron chi connectivity index (χ0n) is 11.2. The first kappa shape index (κ1) is 14.1. The molecule has 0 aliphatic heterocycles. The molecule has 20 heavy (non-hydrogen) atoms. The Hall–Kier alpha value is -2.33. The van der Waals surface area contributed by atoms with Crippen LogP contribution in [0.1, 0.15) is 21.5 Å². The third-order valence-electron chi connectivity index (χ3n) is 3.06. The SMILES string of the molecule is NCc1cccc(C(=O)NCCc2ccc(O)cc2)c1. The Morgan fingerprint density at radius 1 is 1.10 bits per heavy atom. The number of hydrogen-bond acceptors (Lipinski definition) is 3. The normalized spacial score (nSPS) is 10.2. The molecular weight excluding hydrogens is 252 g/mol. The zero-order valence-corrected chi connectivity index (χ0v) is 11.2. The zero-order chi connectivity index (χ0) is 14.4. The van der Waals surface area contributed by atoms with Gasteiger partial charge in [0.25, 0.3) is 5.91 Å². The molecule has 4 nitrogen and oxygen atoms in total. The molecule has 0 aromatic heterocycles. The molecule has 2 rings (SSSR count). The summed E-state index contributed by atoms with van der Waals surface area (Å²) in [5, 5.41) is 12.1. The number of nitrogens with one attached hydrogen (secondary N) is 1. The topological polar surface area (TPSA) is 75.4 Å². The third kappa shape index (κ3) is 3.83. The second kappa shape index (κ2) is 6.73. The van der Waals surface area contributed by atoms with Crippen LogP contribution in [0.5, 0.6) is 5.75 Å². The average molecular weight is 270 g/mol. The van der Waals surface area contributed by atoms with E-state index in [1.165, 1.54) is 0 Å². The van der Waals surface area contributed by atoms with Crippen molar-refractivity contribution < 1.29 is 9.90 Å². The van der Waals surface area contributed by atoms with Gasteiger partial charge in [-0.25, -0.2) is 0 Å². The number of rotatable bonds is 5. The van der Waals surface area contributed by atoms with Gasteiger partial charge in [-0.2, -0.15) is 0 Å². The van der Waals surface area contributed by atoms with Crippen molar-refractivity contribution >= 4 is 5.91 Å². The van der Waals surface area contributed by atoms with Gasteiger partial charge in [0.2, 0.25) is 0 Å². The summed E-state index contributed by atoms with van der Waals surface area (Å²) in [7, 11) is 0. The number of carbonyl (C=O) groups excluding carboxylic acids is 1. The minimum Gasteiger partial charge on any atom is -0.508 e. The Kier molecular flexibility index (Phi) is 4.74. The molecule has 0 saturated heterocycles. The fourth-order valence-electron chi connectivity index (χ4n) is 1.92. The Balaban J connectivity index is 1.87. The van der Waals surface area contributed by atoms with Gasteiger partial charge >= 0.3 is 0 Å². The summed E-state index contributed by atoms with van der Waals surface area (Å²) in [5.41, 5.74) is 8.19. The minimum absolute atomic E-state index is 0.0981. The van der Waals surface area contributed by atoms with Gasteiger partial charge in [-0.1, -0.05) is 24.3 Å². The van der Waals surface area contributed by atoms with Crippen LogP contribution in [0.3, 0.4) is 0 Å². The molecule has 1 amide bonds. The second-order valence-electron chi connectivity index (χ2n) is 4.58. The number of nitrogens with two attached hydrogens (primary N) is 1. The lowest BCUT2D eigenvalue weighted by molar-refractivity contribution is 0.0954. The van der Waals surface area contributed by atoms with E-state index in [4.69, 9.17) is 5.73 Å². The molecule has 0 atom stereocenters. The molecule has 0 aliphatic rings. The predicted octanol–water partition coefficient (Wildman–Crippen LogP) is 1.82. The summed E-state index contributed by atoms with van der Waals surface area (Å²) in [6.07, 6.45) is 0.725. The third-order valence-corrected chi connectivity index (χ3v) is 3.06. The van der Waals surface area contributed by atoms with Gasteiger partial charge < -0.3 is 16.2 Å². The van der Waals surface area contributed by atoms with Crippen LogP contribution in [0.2, 0.25) is 0 Å². The summed E-state index contributed by atoms with van der Waals surface area (Å²) < 4.78 is 0. The van der Waals surface area contributed by atoms with E-state index in [9.17, 15) is 9.90 Å². The van der Waals surface area contributed by atoms with Gasteiger partial charge in [0, 0.05) is 18.7 Å². The van der Waals surface area contributed by atoms with Crippen molar-refractivity contribution in [1.29, 1.82) is 0 Å². The van der Waals surface area contributed by atoms with Crippen LogP contribution >= 0.6 is 0 Å². The molecule has 4 heteroatoms. The Morgan fingerprint density at radius 3 is 2.55 bits per heavy atom. The van der Waals surface area contributed by atoms with Crippen molar-refractivity contribution in [2.75, 3.05) is 6.54 Å². The molecule has 0 spiro atoms. The molecule has 2 aromatic carbocycles. The first-order valence-corrected chi connectivity index (χ1v) is 6.54. The van der Waals surface area contributed by atoms with Crippen LogP contribution in [-0.2, 0) is 13.0 Å². The number of amides is 1. The largest absolute Gasteiger partial charge is 0.508 e. The summed E-state index contributed by atoms with van der Waals surface area (Å²) in [4.78, 5) is 12.0. The molecule has 104 valence electrons. The monoisotopic (exact) mass is 270 g/mol. The molecular formula is C16H18N2O2. The highest BCUT2D eigenvalue weighted by Gasteiger charge is 2.05. The second-order valence-corrected chi connectivity index (χ2v) is 4.58. The van der Waals surface area contributed by atoms with Gasteiger partial charge in [0.05, 0.1) is 0 Å². The lowest BCUT2D eigenvalue weighted by Crippen LogP contribution is -2.25. The van der Waals surface area contributed by atoms with E-state index in [2.05, 4.69) is 5.32 Å². The van der Waals surface area contributed by atoms with Crippen LogP contribution in [0.4, 0.5) is 0 Å². The first-order chi connectivity index (χ1) is 9.69. The highest BCUT2D eigenvalue weighted by Crippen LogP contribution is 2.10. The highest BCUT2D eigenvalue weighted by atomic mass is 16.3. The quantitative estimate of drug-likeness (QED) is 0.775. The van der Waals surface area contributed by atoms with Crippen LogP contribution < -0.4 is 11.1 Å². The molecule has 0 fully saturated rings. The van der Waals surface area contributed by atoms with Crippen molar-refractivity contribution in [2.45, 2.75) is 13.0 Å².